The van der Waals surface area contributed by atoms with Crippen molar-refractivity contribution in [2.24, 2.45) is 0 Å². The number of carboxylic acids is 1. The largest absolute Gasteiger partial charge is 0.477 e. The number of nitrogens with one attached hydrogen (secondary N) is 1. The van der Waals surface area contributed by atoms with Crippen LogP contribution in [0.15, 0.2) is 29.2 Å². The molecule has 1 fully saturated rings. The first-order valence-electron chi connectivity index (χ1n) is 10.1. The summed E-state index contributed by atoms with van der Waals surface area (Å²) in [7, 11) is 0. The lowest BCUT2D eigenvalue weighted by Crippen LogP contribution is -2.24. The van der Waals surface area contributed by atoms with Crippen LogP contribution < -0.4 is 15.5 Å². The van der Waals surface area contributed by atoms with Gasteiger partial charge in [-0.25, -0.2) is 4.79 Å². The second-order valence-corrected chi connectivity index (χ2v) is 9.19. The summed E-state index contributed by atoms with van der Waals surface area (Å²) in [5.41, 5.74) is 0.821. The van der Waals surface area contributed by atoms with Gasteiger partial charge in [0.2, 0.25) is 5.43 Å². The molecule has 0 amide bonds. The van der Waals surface area contributed by atoms with Crippen molar-refractivity contribution in [3.63, 3.8) is 0 Å². The van der Waals surface area contributed by atoms with Crippen molar-refractivity contribution in [1.29, 1.82) is 0 Å². The molecule has 1 aliphatic carbocycles. The summed E-state index contributed by atoms with van der Waals surface area (Å²) in [5, 5.41) is 12.9. The maximum absolute atomic E-state index is 13.5. The third-order valence-corrected chi connectivity index (χ3v) is 7.08. The minimum atomic E-state index is -3.08. The van der Waals surface area contributed by atoms with E-state index in [-0.39, 0.29) is 28.3 Å². The predicted molar refractivity (Wildman–Crippen MR) is 114 cm³/mol. The van der Waals surface area contributed by atoms with Crippen LogP contribution in [0.25, 0.3) is 21.3 Å². The number of rotatable bonds is 5. The SMILES string of the molecule is CC1CNCc2sc(-c3ccc4c(=O)c(C(=O)O)cn(C5CC5)c4c3OC(F)F)cc21. The number of pyridine rings is 1. The van der Waals surface area contributed by atoms with Crippen LogP contribution in [-0.2, 0) is 6.54 Å². The highest BCUT2D eigenvalue weighted by Gasteiger charge is 2.30. The number of fused-ring (bicyclic) bond motifs is 2. The van der Waals surface area contributed by atoms with Crippen LogP contribution in [0.3, 0.4) is 0 Å². The number of aromatic carboxylic acids is 1. The third-order valence-electron chi connectivity index (χ3n) is 5.90. The molecule has 5 rings (SSSR count). The van der Waals surface area contributed by atoms with Gasteiger partial charge in [0.05, 0.1) is 10.9 Å². The van der Waals surface area contributed by atoms with Crippen LogP contribution in [0.5, 0.6) is 5.75 Å². The summed E-state index contributed by atoms with van der Waals surface area (Å²) >= 11 is 1.52. The number of hydrogen-bond acceptors (Lipinski definition) is 5. The topological polar surface area (TPSA) is 80.6 Å². The number of ether oxygens (including phenoxy) is 1. The molecule has 31 heavy (non-hydrogen) atoms. The molecule has 9 heteroatoms. The van der Waals surface area contributed by atoms with Gasteiger partial charge in [-0.1, -0.05) is 6.92 Å². The van der Waals surface area contributed by atoms with E-state index in [4.69, 9.17) is 4.74 Å². The summed E-state index contributed by atoms with van der Waals surface area (Å²) in [6.07, 6.45) is 2.83. The number of halogens is 2. The molecular weight excluding hydrogens is 426 g/mol. The number of alkyl halides is 2. The minimum Gasteiger partial charge on any atom is -0.477 e. The van der Waals surface area contributed by atoms with Gasteiger partial charge in [0.25, 0.3) is 0 Å². The van der Waals surface area contributed by atoms with Gasteiger partial charge in [-0.3, -0.25) is 4.79 Å². The molecule has 162 valence electrons. The quantitative estimate of drug-likeness (QED) is 0.600. The highest BCUT2D eigenvalue weighted by Crippen LogP contribution is 2.46. The molecule has 0 spiro atoms. The number of aromatic nitrogens is 1. The van der Waals surface area contributed by atoms with E-state index in [1.54, 1.807) is 10.6 Å². The molecule has 1 unspecified atom stereocenters. The number of carboxylic acid groups (broad SMARTS) is 1. The van der Waals surface area contributed by atoms with Gasteiger partial charge in [-0.15, -0.1) is 11.3 Å². The standard InChI is InChI=1S/C22H20F2N2O4S/c1-10-7-25-8-17-14(10)6-16(31-17)12-4-5-13-18(20(12)30-22(23)24)26(11-2-3-11)9-15(19(13)27)21(28)29/h4-6,9-11,22,25H,2-3,7-8H2,1H3,(H,28,29). The molecule has 1 aromatic carbocycles. The van der Waals surface area contributed by atoms with Gasteiger partial charge in [-0.2, -0.15) is 8.78 Å². The zero-order valence-electron chi connectivity index (χ0n) is 16.7. The van der Waals surface area contributed by atoms with Crippen molar-refractivity contribution in [3.05, 3.63) is 50.6 Å². The Morgan fingerprint density at radius 2 is 2.13 bits per heavy atom. The third kappa shape index (κ3) is 3.41. The van der Waals surface area contributed by atoms with Crippen molar-refractivity contribution in [3.8, 4) is 16.2 Å². The first-order chi connectivity index (χ1) is 14.8. The fourth-order valence-electron chi connectivity index (χ4n) is 4.26. The molecule has 3 aromatic rings. The van der Waals surface area contributed by atoms with Gasteiger partial charge in [0.1, 0.15) is 5.56 Å². The van der Waals surface area contributed by atoms with E-state index in [2.05, 4.69) is 12.2 Å². The van der Waals surface area contributed by atoms with Crippen LogP contribution in [0, 0.1) is 0 Å². The molecule has 1 atom stereocenters. The van der Waals surface area contributed by atoms with Crippen LogP contribution in [0.4, 0.5) is 8.78 Å². The normalized spacial score (nSPS) is 18.4. The highest BCUT2D eigenvalue weighted by atomic mass is 32.1. The van der Waals surface area contributed by atoms with E-state index in [0.29, 0.717) is 11.5 Å². The van der Waals surface area contributed by atoms with E-state index >= 15 is 0 Å². The number of hydrogen-bond donors (Lipinski definition) is 2. The molecule has 2 aromatic heterocycles. The van der Waals surface area contributed by atoms with E-state index in [9.17, 15) is 23.5 Å². The smallest absolute Gasteiger partial charge is 0.387 e. The summed E-state index contributed by atoms with van der Waals surface area (Å²) in [6, 6.07) is 5.07. The van der Waals surface area contributed by atoms with Crippen molar-refractivity contribution >= 4 is 28.2 Å². The lowest BCUT2D eigenvalue weighted by Gasteiger charge is -2.19. The Kier molecular flexibility index (Phi) is 4.82. The second kappa shape index (κ2) is 7.42. The van der Waals surface area contributed by atoms with E-state index in [0.717, 1.165) is 35.7 Å². The summed E-state index contributed by atoms with van der Waals surface area (Å²) in [4.78, 5) is 26.3. The zero-order chi connectivity index (χ0) is 21.9. The Hall–Kier alpha value is -2.78. The maximum Gasteiger partial charge on any atom is 0.387 e. The first-order valence-corrected chi connectivity index (χ1v) is 10.9. The fraction of sp³-hybridized carbons (Fsp3) is 0.364. The number of carbonyl (C=O) groups is 1. The average Bonchev–Trinajstić information content (AvgIpc) is 3.46. The van der Waals surface area contributed by atoms with Gasteiger partial charge in [0.15, 0.2) is 5.75 Å². The second-order valence-electron chi connectivity index (χ2n) is 8.05. The average molecular weight is 446 g/mol. The number of benzene rings is 1. The Morgan fingerprint density at radius 3 is 2.77 bits per heavy atom. The van der Waals surface area contributed by atoms with Gasteiger partial charge in [0, 0.05) is 40.6 Å². The lowest BCUT2D eigenvalue weighted by molar-refractivity contribution is -0.0486. The van der Waals surface area contributed by atoms with Crippen LogP contribution in [0.1, 0.15) is 52.5 Å². The number of nitrogens with zero attached hydrogens (tertiary/aromatic N) is 1. The Balaban J connectivity index is 1.80. The molecule has 2 aliphatic rings. The Bertz CT molecular complexity index is 1260. The van der Waals surface area contributed by atoms with E-state index in [1.807, 2.05) is 6.07 Å². The van der Waals surface area contributed by atoms with E-state index in [1.165, 1.54) is 29.2 Å². The Labute approximate surface area is 180 Å². The van der Waals surface area contributed by atoms with E-state index < -0.39 is 18.0 Å². The Morgan fingerprint density at radius 1 is 1.35 bits per heavy atom. The predicted octanol–water partition coefficient (Wildman–Crippen LogP) is 4.57. The molecule has 1 saturated carbocycles. The van der Waals surface area contributed by atoms with Crippen molar-refractivity contribution in [2.45, 2.75) is 44.9 Å². The van der Waals surface area contributed by atoms with Crippen molar-refractivity contribution in [1.82, 2.24) is 9.88 Å². The first kappa shape index (κ1) is 20.1. The van der Waals surface area contributed by atoms with Crippen LogP contribution in [-0.4, -0.2) is 28.8 Å². The fourth-order valence-corrected chi connectivity index (χ4v) is 5.53. The molecule has 0 saturated heterocycles. The molecule has 0 bridgehead atoms. The molecule has 0 radical (unpaired) electrons. The van der Waals surface area contributed by atoms with Crippen LogP contribution >= 0.6 is 11.3 Å². The molecule has 2 N–H and O–H groups in total. The maximum atomic E-state index is 13.5. The van der Waals surface area contributed by atoms with Gasteiger partial charge >= 0.3 is 12.6 Å². The molecule has 6 nitrogen and oxygen atoms in total. The van der Waals surface area contributed by atoms with Crippen molar-refractivity contribution < 1.29 is 23.4 Å². The number of thiophene rings is 1. The summed E-state index contributed by atoms with van der Waals surface area (Å²) in [5.74, 6) is -1.11. The van der Waals surface area contributed by atoms with Crippen molar-refractivity contribution in [2.75, 3.05) is 6.54 Å². The minimum absolute atomic E-state index is 0.0442. The molecular formula is C22H20F2N2O4S. The van der Waals surface area contributed by atoms with Crippen LogP contribution in [0.2, 0.25) is 0 Å². The monoisotopic (exact) mass is 446 g/mol. The highest BCUT2D eigenvalue weighted by molar-refractivity contribution is 7.15. The van der Waals surface area contributed by atoms with Gasteiger partial charge < -0.3 is 19.7 Å². The summed E-state index contributed by atoms with van der Waals surface area (Å²) < 4.78 is 33.6. The van der Waals surface area contributed by atoms with Gasteiger partial charge in [-0.05, 0) is 42.5 Å². The molecule has 1 aliphatic heterocycles. The lowest BCUT2D eigenvalue weighted by atomic mass is 9.97. The molecule has 3 heterocycles. The summed E-state index contributed by atoms with van der Waals surface area (Å²) in [6.45, 7) is 0.593. The zero-order valence-corrected chi connectivity index (χ0v) is 17.5.